The van der Waals surface area contributed by atoms with E-state index in [9.17, 15) is 18.8 Å². The molecule has 1 atom stereocenters. The van der Waals surface area contributed by atoms with E-state index in [1.54, 1.807) is 0 Å². The number of carbonyl (C=O) groups excluding carboxylic acids is 3. The second-order valence-electron chi connectivity index (χ2n) is 7.31. The summed E-state index contributed by atoms with van der Waals surface area (Å²) in [5, 5.41) is 5.80. The van der Waals surface area contributed by atoms with Gasteiger partial charge in [-0.3, -0.25) is 14.4 Å². The van der Waals surface area contributed by atoms with Crippen LogP contribution in [0, 0.1) is 11.7 Å². The number of carbonyl (C=O) groups is 3. The molecule has 1 heterocycles. The zero-order valence-corrected chi connectivity index (χ0v) is 15.5. The number of nitrogens with zero attached hydrogens (tertiary/aromatic N) is 1. The van der Waals surface area contributed by atoms with Crippen molar-refractivity contribution in [2.45, 2.75) is 51.1 Å². The predicted octanol–water partition coefficient (Wildman–Crippen LogP) is 1.85. The zero-order valence-electron chi connectivity index (χ0n) is 15.5. The maximum atomic E-state index is 13.1. The molecule has 6 nitrogen and oxygen atoms in total. The standard InChI is InChI=1S/C20H26FN3O3/c1-2-17(25)24-11-9-13(10-12-24)18(20(27)22-16-7-8-16)23-19(26)14-3-5-15(21)6-4-14/h3-6,13,16,18H,2,7-12H2,1H3,(H,22,27)(H,23,26)/t18-/m0/s1. The molecule has 0 radical (unpaired) electrons. The highest BCUT2D eigenvalue weighted by Gasteiger charge is 2.36. The van der Waals surface area contributed by atoms with E-state index in [4.69, 9.17) is 0 Å². The third-order valence-electron chi connectivity index (χ3n) is 5.27. The molecule has 1 aliphatic carbocycles. The summed E-state index contributed by atoms with van der Waals surface area (Å²) in [6.45, 7) is 3.02. The highest BCUT2D eigenvalue weighted by Crippen LogP contribution is 2.24. The summed E-state index contributed by atoms with van der Waals surface area (Å²) in [6.07, 6.45) is 3.73. The van der Waals surface area contributed by atoms with Crippen molar-refractivity contribution in [3.05, 3.63) is 35.6 Å². The molecular formula is C20H26FN3O3. The molecule has 1 aromatic rings. The van der Waals surface area contributed by atoms with E-state index in [1.165, 1.54) is 24.3 Å². The number of amides is 3. The molecule has 2 N–H and O–H groups in total. The Morgan fingerprint density at radius 2 is 1.74 bits per heavy atom. The van der Waals surface area contributed by atoms with Gasteiger partial charge < -0.3 is 15.5 Å². The van der Waals surface area contributed by atoms with Gasteiger partial charge in [-0.2, -0.15) is 0 Å². The number of hydrogen-bond donors (Lipinski definition) is 2. The fraction of sp³-hybridized carbons (Fsp3) is 0.550. The van der Waals surface area contributed by atoms with Crippen molar-refractivity contribution in [3.63, 3.8) is 0 Å². The van der Waals surface area contributed by atoms with E-state index >= 15 is 0 Å². The molecule has 1 saturated heterocycles. The summed E-state index contributed by atoms with van der Waals surface area (Å²) in [4.78, 5) is 39.0. The fourth-order valence-electron chi connectivity index (χ4n) is 3.45. The number of nitrogens with one attached hydrogen (secondary N) is 2. The third-order valence-corrected chi connectivity index (χ3v) is 5.27. The number of likely N-dealkylation sites (tertiary alicyclic amines) is 1. The van der Waals surface area contributed by atoms with Crippen molar-refractivity contribution in [3.8, 4) is 0 Å². The molecule has 1 saturated carbocycles. The normalized spacial score (nSPS) is 18.7. The Morgan fingerprint density at radius 3 is 2.30 bits per heavy atom. The van der Waals surface area contributed by atoms with Crippen molar-refractivity contribution in [1.29, 1.82) is 0 Å². The largest absolute Gasteiger partial charge is 0.352 e. The lowest BCUT2D eigenvalue weighted by Crippen LogP contribution is -2.54. The van der Waals surface area contributed by atoms with E-state index in [1.807, 2.05) is 11.8 Å². The first kappa shape index (κ1) is 19.3. The minimum absolute atomic E-state index is 0.0333. The molecule has 1 aromatic carbocycles. The van der Waals surface area contributed by atoms with Crippen LogP contribution in [-0.4, -0.2) is 47.8 Å². The van der Waals surface area contributed by atoms with Crippen molar-refractivity contribution in [2.75, 3.05) is 13.1 Å². The topological polar surface area (TPSA) is 78.5 Å². The van der Waals surface area contributed by atoms with E-state index < -0.39 is 17.8 Å². The Labute approximate surface area is 158 Å². The second-order valence-corrected chi connectivity index (χ2v) is 7.31. The third kappa shape index (κ3) is 5.05. The molecule has 0 unspecified atom stereocenters. The van der Waals surface area contributed by atoms with Crippen LogP contribution in [0.5, 0.6) is 0 Å². The van der Waals surface area contributed by atoms with Gasteiger partial charge >= 0.3 is 0 Å². The van der Waals surface area contributed by atoms with Gasteiger partial charge in [-0.25, -0.2) is 4.39 Å². The predicted molar refractivity (Wildman–Crippen MR) is 98.4 cm³/mol. The van der Waals surface area contributed by atoms with Gasteiger partial charge in [0, 0.05) is 31.1 Å². The fourth-order valence-corrected chi connectivity index (χ4v) is 3.45. The lowest BCUT2D eigenvalue weighted by atomic mass is 9.88. The highest BCUT2D eigenvalue weighted by molar-refractivity contribution is 5.97. The second kappa shape index (κ2) is 8.50. The van der Waals surface area contributed by atoms with Crippen LogP contribution in [-0.2, 0) is 9.59 Å². The Morgan fingerprint density at radius 1 is 1.11 bits per heavy atom. The van der Waals surface area contributed by atoms with E-state index in [0.29, 0.717) is 37.9 Å². The summed E-state index contributed by atoms with van der Waals surface area (Å²) in [6, 6.07) is 4.81. The minimum atomic E-state index is -0.651. The molecule has 2 fully saturated rings. The van der Waals surface area contributed by atoms with E-state index in [0.717, 1.165) is 12.8 Å². The van der Waals surface area contributed by atoms with Crippen LogP contribution in [0.2, 0.25) is 0 Å². The molecule has 3 amide bonds. The first-order valence-corrected chi connectivity index (χ1v) is 9.62. The molecule has 7 heteroatoms. The minimum Gasteiger partial charge on any atom is -0.352 e. The molecule has 0 bridgehead atoms. The van der Waals surface area contributed by atoms with Crippen LogP contribution in [0.25, 0.3) is 0 Å². The Balaban J connectivity index is 1.67. The Hall–Kier alpha value is -2.44. The number of halogens is 1. The summed E-state index contributed by atoms with van der Waals surface area (Å²) >= 11 is 0. The van der Waals surface area contributed by atoms with E-state index in [-0.39, 0.29) is 23.8 Å². The molecular weight excluding hydrogens is 349 g/mol. The molecule has 2 aliphatic rings. The first-order valence-electron chi connectivity index (χ1n) is 9.62. The average Bonchev–Trinajstić information content (AvgIpc) is 3.50. The van der Waals surface area contributed by atoms with Crippen LogP contribution < -0.4 is 10.6 Å². The van der Waals surface area contributed by atoms with Crippen LogP contribution >= 0.6 is 0 Å². The van der Waals surface area contributed by atoms with Crippen molar-refractivity contribution in [2.24, 2.45) is 5.92 Å². The lowest BCUT2D eigenvalue weighted by Gasteiger charge is -2.35. The summed E-state index contributed by atoms with van der Waals surface area (Å²) in [5.74, 6) is -0.898. The van der Waals surface area contributed by atoms with Gasteiger partial charge in [0.15, 0.2) is 0 Å². The van der Waals surface area contributed by atoms with Crippen molar-refractivity contribution in [1.82, 2.24) is 15.5 Å². The van der Waals surface area contributed by atoms with Gasteiger partial charge in [0.05, 0.1) is 0 Å². The molecule has 3 rings (SSSR count). The Bertz CT molecular complexity index is 695. The molecule has 146 valence electrons. The van der Waals surface area contributed by atoms with Gasteiger partial charge in [-0.05, 0) is 55.9 Å². The van der Waals surface area contributed by atoms with Crippen LogP contribution in [0.3, 0.4) is 0 Å². The number of benzene rings is 1. The first-order chi connectivity index (χ1) is 13.0. The van der Waals surface area contributed by atoms with Crippen LogP contribution in [0.15, 0.2) is 24.3 Å². The van der Waals surface area contributed by atoms with Gasteiger partial charge in [0.1, 0.15) is 11.9 Å². The summed E-state index contributed by atoms with van der Waals surface area (Å²) in [5.41, 5.74) is 0.319. The van der Waals surface area contributed by atoms with E-state index in [2.05, 4.69) is 10.6 Å². The summed E-state index contributed by atoms with van der Waals surface area (Å²) < 4.78 is 13.1. The SMILES string of the molecule is CCC(=O)N1CCC([C@H](NC(=O)c2ccc(F)cc2)C(=O)NC2CC2)CC1. The summed E-state index contributed by atoms with van der Waals surface area (Å²) in [7, 11) is 0. The maximum Gasteiger partial charge on any atom is 0.251 e. The molecule has 1 aliphatic heterocycles. The number of rotatable bonds is 6. The number of piperidine rings is 1. The van der Waals surface area contributed by atoms with Gasteiger partial charge in [-0.1, -0.05) is 6.92 Å². The highest BCUT2D eigenvalue weighted by atomic mass is 19.1. The smallest absolute Gasteiger partial charge is 0.251 e. The average molecular weight is 375 g/mol. The molecule has 27 heavy (non-hydrogen) atoms. The monoisotopic (exact) mass is 375 g/mol. The van der Waals surface area contributed by atoms with Gasteiger partial charge in [0.25, 0.3) is 5.91 Å². The number of hydrogen-bond acceptors (Lipinski definition) is 3. The quantitative estimate of drug-likeness (QED) is 0.797. The van der Waals surface area contributed by atoms with Crippen LogP contribution in [0.4, 0.5) is 4.39 Å². The van der Waals surface area contributed by atoms with Crippen LogP contribution in [0.1, 0.15) is 49.4 Å². The van der Waals surface area contributed by atoms with Crippen molar-refractivity contribution < 1.29 is 18.8 Å². The van der Waals surface area contributed by atoms with Gasteiger partial charge in [0.2, 0.25) is 11.8 Å². The molecule has 0 spiro atoms. The van der Waals surface area contributed by atoms with Gasteiger partial charge in [-0.15, -0.1) is 0 Å². The lowest BCUT2D eigenvalue weighted by molar-refractivity contribution is -0.132. The maximum absolute atomic E-state index is 13.1. The molecule has 0 aromatic heterocycles. The zero-order chi connectivity index (χ0) is 19.4. The Kier molecular flexibility index (Phi) is 6.08. The van der Waals surface area contributed by atoms with Crippen molar-refractivity contribution >= 4 is 17.7 Å².